The van der Waals surface area contributed by atoms with E-state index >= 15 is 0 Å². The summed E-state index contributed by atoms with van der Waals surface area (Å²) in [6.07, 6.45) is 1.72. The molecule has 0 aliphatic carbocycles. The number of rotatable bonds is 4. The molecule has 0 saturated carbocycles. The lowest BCUT2D eigenvalue weighted by atomic mass is 10.0. The van der Waals surface area contributed by atoms with Gasteiger partial charge in [0.25, 0.3) is 17.5 Å². The van der Waals surface area contributed by atoms with Gasteiger partial charge in [0.2, 0.25) is 0 Å². The summed E-state index contributed by atoms with van der Waals surface area (Å²) < 4.78 is 0. The number of amides is 2. The van der Waals surface area contributed by atoms with Crippen LogP contribution in [0.5, 0.6) is 0 Å². The smallest absolute Gasteiger partial charge is 0.270 e. The van der Waals surface area contributed by atoms with Crippen molar-refractivity contribution in [1.29, 1.82) is 0 Å². The van der Waals surface area contributed by atoms with Gasteiger partial charge in [0, 0.05) is 30.1 Å². The average Bonchev–Trinajstić information content (AvgIpc) is 3.27. The minimum absolute atomic E-state index is 0.00541. The number of nitro benzene ring substituents is 1. The minimum atomic E-state index is -0.573. The van der Waals surface area contributed by atoms with Gasteiger partial charge in [0.15, 0.2) is 0 Å². The van der Waals surface area contributed by atoms with Crippen molar-refractivity contribution in [3.05, 3.63) is 85.1 Å². The standard InChI is InChI=1S/C21H16ClN3O4S/c22-17-12-15(25(28)29)7-8-16(17)20(26)23-14-6-5-13-3-1-9-24(18(13)11-14)21(27)19-4-2-10-30-19/h2,4-8,10-12H,1,3,9H2,(H,23,26). The Labute approximate surface area is 181 Å². The van der Waals surface area contributed by atoms with E-state index in [2.05, 4.69) is 5.32 Å². The Morgan fingerprint density at radius 3 is 2.70 bits per heavy atom. The molecule has 1 aliphatic heterocycles. The third-order valence-corrected chi connectivity index (χ3v) is 6.02. The molecular formula is C21H16ClN3O4S. The van der Waals surface area contributed by atoms with Crippen LogP contribution in [-0.2, 0) is 6.42 Å². The Morgan fingerprint density at radius 2 is 2.00 bits per heavy atom. The van der Waals surface area contributed by atoms with Crippen LogP contribution in [0.1, 0.15) is 32.0 Å². The topological polar surface area (TPSA) is 92.6 Å². The van der Waals surface area contributed by atoms with Crippen molar-refractivity contribution in [1.82, 2.24) is 0 Å². The van der Waals surface area contributed by atoms with Crippen LogP contribution < -0.4 is 10.2 Å². The number of nitrogens with zero attached hydrogens (tertiary/aromatic N) is 2. The summed E-state index contributed by atoms with van der Waals surface area (Å²) in [7, 11) is 0. The van der Waals surface area contributed by atoms with Crippen molar-refractivity contribution in [2.75, 3.05) is 16.8 Å². The van der Waals surface area contributed by atoms with Gasteiger partial charge in [-0.15, -0.1) is 11.3 Å². The number of fused-ring (bicyclic) bond motifs is 1. The van der Waals surface area contributed by atoms with Gasteiger partial charge >= 0.3 is 0 Å². The van der Waals surface area contributed by atoms with E-state index in [4.69, 9.17) is 11.6 Å². The lowest BCUT2D eigenvalue weighted by molar-refractivity contribution is -0.384. The maximum absolute atomic E-state index is 12.9. The lowest BCUT2D eigenvalue weighted by Gasteiger charge is -2.29. The number of anilines is 2. The number of carbonyl (C=O) groups excluding carboxylic acids is 2. The summed E-state index contributed by atoms with van der Waals surface area (Å²) in [5.74, 6) is -0.547. The zero-order valence-corrected chi connectivity index (χ0v) is 17.2. The van der Waals surface area contributed by atoms with Crippen LogP contribution in [0.2, 0.25) is 5.02 Å². The molecule has 2 aromatic carbocycles. The van der Waals surface area contributed by atoms with Crippen LogP contribution in [-0.4, -0.2) is 23.3 Å². The van der Waals surface area contributed by atoms with Gasteiger partial charge in [-0.3, -0.25) is 19.7 Å². The number of non-ortho nitro benzene ring substituents is 1. The van der Waals surface area contributed by atoms with Crippen molar-refractivity contribution in [2.45, 2.75) is 12.8 Å². The molecule has 1 N–H and O–H groups in total. The van der Waals surface area contributed by atoms with Crippen LogP contribution in [0, 0.1) is 10.1 Å². The van der Waals surface area contributed by atoms with E-state index in [9.17, 15) is 19.7 Å². The SMILES string of the molecule is O=C(Nc1ccc2c(c1)N(C(=O)c1cccs1)CCC2)c1ccc([N+](=O)[O-])cc1Cl. The minimum Gasteiger partial charge on any atom is -0.322 e. The first-order valence-electron chi connectivity index (χ1n) is 9.17. The summed E-state index contributed by atoms with van der Waals surface area (Å²) in [5.41, 5.74) is 2.27. The Balaban J connectivity index is 1.59. The highest BCUT2D eigenvalue weighted by molar-refractivity contribution is 7.12. The molecule has 1 aliphatic rings. The third-order valence-electron chi connectivity index (χ3n) is 4.85. The number of benzene rings is 2. The van der Waals surface area contributed by atoms with Crippen LogP contribution >= 0.6 is 22.9 Å². The molecule has 0 bridgehead atoms. The number of carbonyl (C=O) groups is 2. The summed E-state index contributed by atoms with van der Waals surface area (Å²) in [6.45, 7) is 0.606. The van der Waals surface area contributed by atoms with E-state index in [1.807, 2.05) is 17.5 Å². The number of thiophene rings is 1. The van der Waals surface area contributed by atoms with Crippen LogP contribution in [0.25, 0.3) is 0 Å². The number of aryl methyl sites for hydroxylation is 1. The largest absolute Gasteiger partial charge is 0.322 e. The summed E-state index contributed by atoms with van der Waals surface area (Å²) in [4.78, 5) is 38.2. The second-order valence-electron chi connectivity index (χ2n) is 6.76. The molecule has 9 heteroatoms. The Bertz CT molecular complexity index is 1150. The Kier molecular flexibility index (Phi) is 5.52. The van der Waals surface area contributed by atoms with Crippen LogP contribution in [0.15, 0.2) is 53.9 Å². The quantitative estimate of drug-likeness (QED) is 0.447. The van der Waals surface area contributed by atoms with E-state index in [0.717, 1.165) is 30.2 Å². The third kappa shape index (κ3) is 3.92. The van der Waals surface area contributed by atoms with Gasteiger partial charge in [-0.05, 0) is 48.1 Å². The second-order valence-corrected chi connectivity index (χ2v) is 8.11. The predicted molar refractivity (Wildman–Crippen MR) is 117 cm³/mol. The summed E-state index contributed by atoms with van der Waals surface area (Å²) >= 11 is 7.45. The van der Waals surface area contributed by atoms with Crippen molar-refractivity contribution in [3.8, 4) is 0 Å². The summed E-state index contributed by atoms with van der Waals surface area (Å²) in [5, 5.41) is 15.5. The van der Waals surface area contributed by atoms with Gasteiger partial charge in [-0.2, -0.15) is 0 Å². The molecule has 3 aromatic rings. The highest BCUT2D eigenvalue weighted by atomic mass is 35.5. The van der Waals surface area contributed by atoms with Crippen molar-refractivity contribution >= 4 is 51.8 Å². The number of nitro groups is 1. The van der Waals surface area contributed by atoms with E-state index in [0.29, 0.717) is 17.1 Å². The molecule has 7 nitrogen and oxygen atoms in total. The second kappa shape index (κ2) is 8.25. The Morgan fingerprint density at radius 1 is 1.17 bits per heavy atom. The van der Waals surface area contributed by atoms with Crippen molar-refractivity contribution in [2.24, 2.45) is 0 Å². The van der Waals surface area contributed by atoms with Crippen molar-refractivity contribution < 1.29 is 14.5 Å². The monoisotopic (exact) mass is 441 g/mol. The van der Waals surface area contributed by atoms with Gasteiger partial charge in [-0.1, -0.05) is 23.7 Å². The van der Waals surface area contributed by atoms with E-state index in [-0.39, 0.29) is 22.2 Å². The highest BCUT2D eigenvalue weighted by Gasteiger charge is 2.25. The van der Waals surface area contributed by atoms with Crippen molar-refractivity contribution in [3.63, 3.8) is 0 Å². The molecule has 1 aromatic heterocycles. The van der Waals surface area contributed by atoms with E-state index < -0.39 is 10.8 Å². The molecular weight excluding hydrogens is 426 g/mol. The van der Waals surface area contributed by atoms with Gasteiger partial charge in [0.1, 0.15) is 0 Å². The number of hydrogen-bond acceptors (Lipinski definition) is 5. The molecule has 0 radical (unpaired) electrons. The van der Waals surface area contributed by atoms with E-state index in [1.165, 1.54) is 23.5 Å². The molecule has 152 valence electrons. The maximum atomic E-state index is 12.9. The number of halogens is 1. The fraction of sp³-hybridized carbons (Fsp3) is 0.143. The first kappa shape index (κ1) is 20.1. The molecule has 4 rings (SSSR count). The van der Waals surface area contributed by atoms with Gasteiger partial charge in [-0.25, -0.2) is 0 Å². The molecule has 0 spiro atoms. The molecule has 2 heterocycles. The number of hydrogen-bond donors (Lipinski definition) is 1. The maximum Gasteiger partial charge on any atom is 0.270 e. The number of nitrogens with one attached hydrogen (secondary N) is 1. The van der Waals surface area contributed by atoms with Gasteiger partial charge < -0.3 is 10.2 Å². The highest BCUT2D eigenvalue weighted by Crippen LogP contribution is 2.32. The zero-order valence-electron chi connectivity index (χ0n) is 15.6. The first-order valence-corrected chi connectivity index (χ1v) is 10.4. The fourth-order valence-corrected chi connectivity index (χ4v) is 4.33. The summed E-state index contributed by atoms with van der Waals surface area (Å²) in [6, 6.07) is 12.8. The predicted octanol–water partition coefficient (Wildman–Crippen LogP) is 5.16. The molecule has 30 heavy (non-hydrogen) atoms. The zero-order chi connectivity index (χ0) is 21.3. The van der Waals surface area contributed by atoms with Gasteiger partial charge in [0.05, 0.1) is 20.4 Å². The first-order chi connectivity index (χ1) is 14.4. The van der Waals surface area contributed by atoms with E-state index in [1.54, 1.807) is 23.1 Å². The lowest BCUT2D eigenvalue weighted by Crippen LogP contribution is -2.35. The molecule has 0 saturated heterocycles. The molecule has 0 unspecified atom stereocenters. The molecule has 0 fully saturated rings. The normalized spacial score (nSPS) is 12.9. The van der Waals surface area contributed by atoms with Crippen LogP contribution in [0.3, 0.4) is 0 Å². The molecule has 2 amide bonds. The Hall–Kier alpha value is -3.23. The van der Waals surface area contributed by atoms with Crippen LogP contribution in [0.4, 0.5) is 17.1 Å². The average molecular weight is 442 g/mol. The molecule has 0 atom stereocenters. The fourth-order valence-electron chi connectivity index (χ4n) is 3.40.